The Morgan fingerprint density at radius 2 is 1.94 bits per heavy atom. The molecule has 92 valence electrons. The Kier molecular flexibility index (Phi) is 3.28. The van der Waals surface area contributed by atoms with Crippen LogP contribution in [0.1, 0.15) is 15.9 Å². The summed E-state index contributed by atoms with van der Waals surface area (Å²) in [5.41, 5.74) is 7.60. The first-order valence-corrected chi connectivity index (χ1v) is 5.50. The number of aryl methyl sites for hydroxylation is 1. The molecule has 0 aliphatic heterocycles. The number of anilines is 2. The van der Waals surface area contributed by atoms with Crippen LogP contribution in [-0.2, 0) is 0 Å². The van der Waals surface area contributed by atoms with Crippen molar-refractivity contribution in [2.45, 2.75) is 6.92 Å². The van der Waals surface area contributed by atoms with Crippen molar-refractivity contribution >= 4 is 17.3 Å². The van der Waals surface area contributed by atoms with Crippen LogP contribution >= 0.6 is 0 Å². The van der Waals surface area contributed by atoms with E-state index in [1.807, 2.05) is 0 Å². The molecule has 2 rings (SSSR count). The van der Waals surface area contributed by atoms with Crippen LogP contribution in [0.3, 0.4) is 0 Å². The second kappa shape index (κ2) is 4.87. The number of carbonyl (C=O) groups is 1. The van der Waals surface area contributed by atoms with Gasteiger partial charge in [0.2, 0.25) is 0 Å². The molecule has 0 saturated carbocycles. The minimum Gasteiger partial charge on any atom is -0.399 e. The van der Waals surface area contributed by atoms with Gasteiger partial charge < -0.3 is 11.1 Å². The zero-order valence-electron chi connectivity index (χ0n) is 9.91. The molecule has 0 heterocycles. The van der Waals surface area contributed by atoms with Crippen molar-refractivity contribution in [1.29, 1.82) is 0 Å². The normalized spacial score (nSPS) is 10.1. The van der Waals surface area contributed by atoms with Gasteiger partial charge in [0.1, 0.15) is 5.82 Å². The number of carbonyl (C=O) groups excluding carboxylic acids is 1. The maximum absolute atomic E-state index is 13.4. The molecule has 0 radical (unpaired) electrons. The topological polar surface area (TPSA) is 55.1 Å². The van der Waals surface area contributed by atoms with Crippen LogP contribution in [-0.4, -0.2) is 5.91 Å². The van der Waals surface area contributed by atoms with Crippen molar-refractivity contribution < 1.29 is 9.18 Å². The molecule has 0 aliphatic carbocycles. The van der Waals surface area contributed by atoms with Gasteiger partial charge in [-0.05, 0) is 42.8 Å². The number of rotatable bonds is 2. The molecular formula is C14H13FN2O. The number of nitrogen functional groups attached to an aromatic ring is 1. The van der Waals surface area contributed by atoms with E-state index in [0.29, 0.717) is 11.3 Å². The quantitative estimate of drug-likeness (QED) is 0.798. The van der Waals surface area contributed by atoms with Crippen LogP contribution in [0.4, 0.5) is 15.8 Å². The van der Waals surface area contributed by atoms with Gasteiger partial charge in [0.15, 0.2) is 0 Å². The highest BCUT2D eigenvalue weighted by Crippen LogP contribution is 2.17. The molecule has 0 atom stereocenters. The van der Waals surface area contributed by atoms with Crippen molar-refractivity contribution in [3.8, 4) is 0 Å². The number of hydrogen-bond donors (Lipinski definition) is 2. The number of para-hydroxylation sites is 1. The Labute approximate surface area is 104 Å². The number of halogens is 1. The van der Waals surface area contributed by atoms with Crippen molar-refractivity contribution in [3.63, 3.8) is 0 Å². The SMILES string of the molecule is Cc1cc(N)ccc1C(=O)Nc1ccccc1F. The van der Waals surface area contributed by atoms with E-state index in [1.165, 1.54) is 12.1 Å². The van der Waals surface area contributed by atoms with E-state index >= 15 is 0 Å². The Balaban J connectivity index is 2.25. The summed E-state index contributed by atoms with van der Waals surface area (Å²) in [5, 5.41) is 2.53. The monoisotopic (exact) mass is 244 g/mol. The molecule has 4 heteroatoms. The van der Waals surface area contributed by atoms with Gasteiger partial charge in [-0.25, -0.2) is 4.39 Å². The highest BCUT2D eigenvalue weighted by molar-refractivity contribution is 6.05. The third-order valence-electron chi connectivity index (χ3n) is 2.62. The molecule has 18 heavy (non-hydrogen) atoms. The number of nitrogens with one attached hydrogen (secondary N) is 1. The minimum atomic E-state index is -0.459. The first-order chi connectivity index (χ1) is 8.58. The van der Waals surface area contributed by atoms with Gasteiger partial charge in [0, 0.05) is 11.3 Å². The van der Waals surface area contributed by atoms with Gasteiger partial charge in [-0.1, -0.05) is 12.1 Å². The van der Waals surface area contributed by atoms with E-state index in [4.69, 9.17) is 5.73 Å². The van der Waals surface area contributed by atoms with E-state index in [9.17, 15) is 9.18 Å². The number of benzene rings is 2. The molecule has 3 nitrogen and oxygen atoms in total. The lowest BCUT2D eigenvalue weighted by atomic mass is 10.1. The highest BCUT2D eigenvalue weighted by Gasteiger charge is 2.11. The lowest BCUT2D eigenvalue weighted by Crippen LogP contribution is -2.14. The van der Waals surface area contributed by atoms with Crippen LogP contribution in [0.25, 0.3) is 0 Å². The van der Waals surface area contributed by atoms with E-state index in [2.05, 4.69) is 5.32 Å². The first-order valence-electron chi connectivity index (χ1n) is 5.50. The van der Waals surface area contributed by atoms with Gasteiger partial charge in [-0.3, -0.25) is 4.79 Å². The standard InChI is InChI=1S/C14H13FN2O/c1-9-8-10(16)6-7-11(9)14(18)17-13-5-3-2-4-12(13)15/h2-8H,16H2,1H3,(H,17,18). The molecule has 1 amide bonds. The van der Waals surface area contributed by atoms with Gasteiger partial charge in [0.05, 0.1) is 5.69 Å². The van der Waals surface area contributed by atoms with Crippen molar-refractivity contribution in [3.05, 3.63) is 59.4 Å². The van der Waals surface area contributed by atoms with Crippen molar-refractivity contribution in [1.82, 2.24) is 0 Å². The molecule has 2 aromatic rings. The number of hydrogen-bond acceptors (Lipinski definition) is 2. The fourth-order valence-electron chi connectivity index (χ4n) is 1.69. The molecule has 3 N–H and O–H groups in total. The summed E-state index contributed by atoms with van der Waals surface area (Å²) in [7, 11) is 0. The Morgan fingerprint density at radius 3 is 2.61 bits per heavy atom. The fraction of sp³-hybridized carbons (Fsp3) is 0.0714. The number of amides is 1. The summed E-state index contributed by atoms with van der Waals surface area (Å²) in [6, 6.07) is 11.0. The van der Waals surface area contributed by atoms with Crippen molar-refractivity contribution in [2.24, 2.45) is 0 Å². The number of nitrogens with two attached hydrogens (primary N) is 1. The Morgan fingerprint density at radius 1 is 1.22 bits per heavy atom. The third-order valence-corrected chi connectivity index (χ3v) is 2.62. The van der Waals surface area contributed by atoms with Gasteiger partial charge >= 0.3 is 0 Å². The Bertz CT molecular complexity index is 596. The maximum Gasteiger partial charge on any atom is 0.256 e. The van der Waals surface area contributed by atoms with Gasteiger partial charge in [-0.2, -0.15) is 0 Å². The summed E-state index contributed by atoms with van der Waals surface area (Å²) >= 11 is 0. The molecule has 0 aromatic heterocycles. The molecule has 0 aliphatic rings. The average molecular weight is 244 g/mol. The van der Waals surface area contributed by atoms with Crippen molar-refractivity contribution in [2.75, 3.05) is 11.1 Å². The molecule has 0 bridgehead atoms. The van der Waals surface area contributed by atoms with Gasteiger partial charge in [0.25, 0.3) is 5.91 Å². The largest absolute Gasteiger partial charge is 0.399 e. The maximum atomic E-state index is 13.4. The fourth-order valence-corrected chi connectivity index (χ4v) is 1.69. The second-order valence-electron chi connectivity index (χ2n) is 4.01. The molecule has 0 fully saturated rings. The van der Waals surface area contributed by atoms with Crippen LogP contribution < -0.4 is 11.1 Å². The molecule has 0 saturated heterocycles. The first kappa shape index (κ1) is 12.1. The zero-order valence-corrected chi connectivity index (χ0v) is 9.91. The van der Waals surface area contributed by atoms with E-state index in [0.717, 1.165) is 5.56 Å². The minimum absolute atomic E-state index is 0.165. The second-order valence-corrected chi connectivity index (χ2v) is 4.01. The smallest absolute Gasteiger partial charge is 0.256 e. The summed E-state index contributed by atoms with van der Waals surface area (Å²) in [6.07, 6.45) is 0. The highest BCUT2D eigenvalue weighted by atomic mass is 19.1. The lowest BCUT2D eigenvalue weighted by molar-refractivity contribution is 0.102. The third kappa shape index (κ3) is 2.48. The Hall–Kier alpha value is -2.36. The van der Waals surface area contributed by atoms with E-state index in [-0.39, 0.29) is 11.6 Å². The molecule has 2 aromatic carbocycles. The average Bonchev–Trinajstić information content (AvgIpc) is 2.32. The van der Waals surface area contributed by atoms with E-state index < -0.39 is 5.82 Å². The van der Waals surface area contributed by atoms with E-state index in [1.54, 1.807) is 37.3 Å². The van der Waals surface area contributed by atoms with Crippen LogP contribution in [0.15, 0.2) is 42.5 Å². The lowest BCUT2D eigenvalue weighted by Gasteiger charge is -2.08. The summed E-state index contributed by atoms with van der Waals surface area (Å²) in [6.45, 7) is 1.78. The molecular weight excluding hydrogens is 231 g/mol. The van der Waals surface area contributed by atoms with Gasteiger partial charge in [-0.15, -0.1) is 0 Å². The van der Waals surface area contributed by atoms with Crippen LogP contribution in [0.2, 0.25) is 0 Å². The summed E-state index contributed by atoms with van der Waals surface area (Å²) < 4.78 is 13.4. The summed E-state index contributed by atoms with van der Waals surface area (Å²) in [4.78, 5) is 12.0. The summed E-state index contributed by atoms with van der Waals surface area (Å²) in [5.74, 6) is -0.809. The van der Waals surface area contributed by atoms with Crippen LogP contribution in [0.5, 0.6) is 0 Å². The van der Waals surface area contributed by atoms with Crippen LogP contribution in [0, 0.1) is 12.7 Å². The molecule has 0 spiro atoms. The predicted octanol–water partition coefficient (Wildman–Crippen LogP) is 2.97. The molecule has 0 unspecified atom stereocenters. The predicted molar refractivity (Wildman–Crippen MR) is 69.9 cm³/mol. The zero-order chi connectivity index (χ0) is 13.1.